The molecule has 0 aliphatic heterocycles. The molecule has 8 nitrogen and oxygen atoms in total. The summed E-state index contributed by atoms with van der Waals surface area (Å²) in [4.78, 5) is 35.1. The van der Waals surface area contributed by atoms with E-state index in [4.69, 9.17) is 4.74 Å². The molecule has 0 aromatic heterocycles. The molecule has 0 amide bonds. The van der Waals surface area contributed by atoms with E-state index in [-0.39, 0.29) is 28.6 Å². The Hall–Kier alpha value is -2.55. The molecule has 25 heavy (non-hydrogen) atoms. The summed E-state index contributed by atoms with van der Waals surface area (Å²) in [6.07, 6.45) is 3.25. The molecule has 1 saturated carbocycles. The van der Waals surface area contributed by atoms with Crippen LogP contribution < -0.4 is 0 Å². The maximum atomic E-state index is 12.7. The maximum absolute atomic E-state index is 12.7. The van der Waals surface area contributed by atoms with E-state index in [1.165, 1.54) is 0 Å². The number of allylic oxidation sites excluding steroid dienone is 1. The second kappa shape index (κ2) is 7.14. The van der Waals surface area contributed by atoms with Crippen LogP contribution in [0.1, 0.15) is 30.1 Å². The molecule has 1 aromatic rings. The van der Waals surface area contributed by atoms with Crippen LogP contribution in [0.5, 0.6) is 0 Å². The number of Topliss-reactive ketones (excluding diaryl/α,β-unsaturated/α-hetero) is 2. The second-order valence-electron chi connectivity index (χ2n) is 5.66. The van der Waals surface area contributed by atoms with E-state index in [1.54, 1.807) is 6.92 Å². The number of sulfone groups is 1. The van der Waals surface area contributed by atoms with Crippen molar-refractivity contribution in [2.45, 2.75) is 24.7 Å². The lowest BCUT2D eigenvalue weighted by atomic mass is 9.97. The Morgan fingerprint density at radius 2 is 2.00 bits per heavy atom. The SMILES string of the molecule is CCO/C=C(\C(=O)c1ccc(S(C)(=O)=O)cc1[N+](=O)[O-])C(=O)C1CC1. The number of ketones is 2. The van der Waals surface area contributed by atoms with Crippen LogP contribution in [0, 0.1) is 16.0 Å². The molecule has 1 aliphatic rings. The van der Waals surface area contributed by atoms with E-state index in [0.717, 1.165) is 30.7 Å². The smallest absolute Gasteiger partial charge is 0.281 e. The van der Waals surface area contributed by atoms with Crippen molar-refractivity contribution in [3.63, 3.8) is 0 Å². The highest BCUT2D eigenvalue weighted by Crippen LogP contribution is 2.34. The van der Waals surface area contributed by atoms with Gasteiger partial charge in [0.1, 0.15) is 11.1 Å². The van der Waals surface area contributed by atoms with Crippen LogP contribution in [0.25, 0.3) is 0 Å². The van der Waals surface area contributed by atoms with Crippen molar-refractivity contribution in [1.82, 2.24) is 0 Å². The van der Waals surface area contributed by atoms with Gasteiger partial charge in [0.25, 0.3) is 5.69 Å². The van der Waals surface area contributed by atoms with Crippen molar-refractivity contribution >= 4 is 27.1 Å². The zero-order valence-corrected chi connectivity index (χ0v) is 14.5. The molecule has 2 rings (SSSR count). The molecular formula is C16H17NO7S. The second-order valence-corrected chi connectivity index (χ2v) is 7.68. The van der Waals surface area contributed by atoms with Crippen LogP contribution in [0.4, 0.5) is 5.69 Å². The van der Waals surface area contributed by atoms with Gasteiger partial charge in [-0.3, -0.25) is 19.7 Å². The van der Waals surface area contributed by atoms with E-state index in [9.17, 15) is 28.1 Å². The van der Waals surface area contributed by atoms with Crippen LogP contribution in [0.3, 0.4) is 0 Å². The van der Waals surface area contributed by atoms with E-state index in [2.05, 4.69) is 0 Å². The summed E-state index contributed by atoms with van der Waals surface area (Å²) >= 11 is 0. The van der Waals surface area contributed by atoms with Gasteiger partial charge in [0.05, 0.1) is 22.7 Å². The first-order chi connectivity index (χ1) is 11.7. The third-order valence-corrected chi connectivity index (χ3v) is 4.77. The zero-order valence-electron chi connectivity index (χ0n) is 13.7. The van der Waals surface area contributed by atoms with Gasteiger partial charge in [-0.1, -0.05) is 0 Å². The molecule has 0 bridgehead atoms. The fourth-order valence-electron chi connectivity index (χ4n) is 2.19. The molecule has 0 atom stereocenters. The van der Waals surface area contributed by atoms with Crippen molar-refractivity contribution < 1.29 is 27.7 Å². The van der Waals surface area contributed by atoms with Gasteiger partial charge in [-0.2, -0.15) is 0 Å². The lowest BCUT2D eigenvalue weighted by molar-refractivity contribution is -0.385. The van der Waals surface area contributed by atoms with Gasteiger partial charge >= 0.3 is 0 Å². The summed E-state index contributed by atoms with van der Waals surface area (Å²) in [6.45, 7) is 1.90. The monoisotopic (exact) mass is 367 g/mol. The molecule has 1 aliphatic carbocycles. The number of carbonyl (C=O) groups is 2. The van der Waals surface area contributed by atoms with Gasteiger partial charge in [0, 0.05) is 18.2 Å². The number of nitro groups is 1. The number of carbonyl (C=O) groups excluding carboxylic acids is 2. The van der Waals surface area contributed by atoms with Crippen molar-refractivity contribution in [2.75, 3.05) is 12.9 Å². The first kappa shape index (κ1) is 18.8. The van der Waals surface area contributed by atoms with Crippen LogP contribution in [-0.2, 0) is 19.4 Å². The topological polar surface area (TPSA) is 121 Å². The normalized spacial score (nSPS) is 14.9. The number of nitrogens with zero attached hydrogens (tertiary/aromatic N) is 1. The Morgan fingerprint density at radius 1 is 1.36 bits per heavy atom. The lowest BCUT2D eigenvalue weighted by Gasteiger charge is -2.08. The maximum Gasteiger partial charge on any atom is 0.281 e. The van der Waals surface area contributed by atoms with Crippen LogP contribution in [0.15, 0.2) is 34.9 Å². The van der Waals surface area contributed by atoms with Gasteiger partial charge in [-0.05, 0) is 31.9 Å². The summed E-state index contributed by atoms with van der Waals surface area (Å²) < 4.78 is 28.2. The van der Waals surface area contributed by atoms with Crippen molar-refractivity contribution in [3.05, 3.63) is 45.7 Å². The van der Waals surface area contributed by atoms with Crippen LogP contribution in [0.2, 0.25) is 0 Å². The Balaban J connectivity index is 2.52. The predicted octanol–water partition coefficient (Wildman–Crippen LogP) is 2.08. The van der Waals surface area contributed by atoms with Gasteiger partial charge < -0.3 is 4.74 Å². The lowest BCUT2D eigenvalue weighted by Crippen LogP contribution is -2.17. The number of rotatable bonds is 8. The van der Waals surface area contributed by atoms with Crippen LogP contribution in [-0.4, -0.2) is 37.8 Å². The summed E-state index contributed by atoms with van der Waals surface area (Å²) in [5, 5.41) is 11.3. The highest BCUT2D eigenvalue weighted by atomic mass is 32.2. The summed E-state index contributed by atoms with van der Waals surface area (Å²) in [5.74, 6) is -1.54. The van der Waals surface area contributed by atoms with Crippen LogP contribution >= 0.6 is 0 Å². The quantitative estimate of drug-likeness (QED) is 0.131. The Bertz CT molecular complexity index is 866. The molecule has 0 spiro atoms. The van der Waals surface area contributed by atoms with E-state index < -0.39 is 32.0 Å². The molecule has 0 unspecified atom stereocenters. The van der Waals surface area contributed by atoms with Gasteiger partial charge in [-0.15, -0.1) is 0 Å². The third kappa shape index (κ3) is 4.30. The summed E-state index contributed by atoms with van der Waals surface area (Å²) in [7, 11) is -3.68. The number of benzene rings is 1. The standard InChI is InChI=1S/C16H17NO7S/c1-3-24-9-13(15(18)10-4-5-10)16(19)12-7-6-11(25(2,22)23)8-14(12)17(20)21/h6-10H,3-5H2,1-2H3/b13-9-. The first-order valence-corrected chi connectivity index (χ1v) is 9.45. The summed E-state index contributed by atoms with van der Waals surface area (Å²) in [5.41, 5.74) is -1.28. The minimum atomic E-state index is -3.68. The van der Waals surface area contributed by atoms with Gasteiger partial charge in [0.15, 0.2) is 15.6 Å². The molecule has 0 heterocycles. The Kier molecular flexibility index (Phi) is 5.36. The third-order valence-electron chi connectivity index (χ3n) is 3.66. The average molecular weight is 367 g/mol. The molecule has 9 heteroatoms. The highest BCUT2D eigenvalue weighted by Gasteiger charge is 2.37. The number of nitro benzene ring substituents is 1. The minimum Gasteiger partial charge on any atom is -0.501 e. The first-order valence-electron chi connectivity index (χ1n) is 7.56. The Morgan fingerprint density at radius 3 is 2.48 bits per heavy atom. The molecule has 0 N–H and O–H groups in total. The molecule has 1 fully saturated rings. The fourth-order valence-corrected chi connectivity index (χ4v) is 2.83. The fraction of sp³-hybridized carbons (Fsp3) is 0.375. The highest BCUT2D eigenvalue weighted by molar-refractivity contribution is 7.90. The molecular weight excluding hydrogens is 350 g/mol. The molecule has 0 radical (unpaired) electrons. The number of ether oxygens (including phenoxy) is 1. The van der Waals surface area contributed by atoms with E-state index in [1.807, 2.05) is 0 Å². The number of hydrogen-bond donors (Lipinski definition) is 0. The molecule has 1 aromatic carbocycles. The average Bonchev–Trinajstić information content (AvgIpc) is 3.38. The van der Waals surface area contributed by atoms with Crippen molar-refractivity contribution in [3.8, 4) is 0 Å². The molecule has 0 saturated heterocycles. The number of hydrogen-bond acceptors (Lipinski definition) is 7. The Labute approximate surface area is 144 Å². The summed E-state index contributed by atoms with van der Waals surface area (Å²) in [6, 6.07) is 2.98. The van der Waals surface area contributed by atoms with E-state index in [0.29, 0.717) is 12.8 Å². The predicted molar refractivity (Wildman–Crippen MR) is 88.0 cm³/mol. The van der Waals surface area contributed by atoms with Gasteiger partial charge in [0.2, 0.25) is 5.78 Å². The van der Waals surface area contributed by atoms with Crippen molar-refractivity contribution in [2.24, 2.45) is 5.92 Å². The van der Waals surface area contributed by atoms with E-state index >= 15 is 0 Å². The largest absolute Gasteiger partial charge is 0.501 e. The minimum absolute atomic E-state index is 0.226. The van der Waals surface area contributed by atoms with Gasteiger partial charge in [-0.25, -0.2) is 8.42 Å². The zero-order chi connectivity index (χ0) is 18.8. The van der Waals surface area contributed by atoms with Crippen molar-refractivity contribution in [1.29, 1.82) is 0 Å². The molecule has 134 valence electrons.